The van der Waals surface area contributed by atoms with Gasteiger partial charge in [0.15, 0.2) is 0 Å². The lowest BCUT2D eigenvalue weighted by Gasteiger charge is -2.31. The fourth-order valence-electron chi connectivity index (χ4n) is 7.22. The Hall–Kier alpha value is -6.80. The quantitative estimate of drug-likeness (QED) is 0.0365. The fourth-order valence-corrected chi connectivity index (χ4v) is 7.22. The van der Waals surface area contributed by atoms with Crippen molar-refractivity contribution in [3.8, 4) is 11.5 Å². The van der Waals surface area contributed by atoms with E-state index in [-0.39, 0.29) is 61.3 Å². The normalized spacial score (nSPS) is 15.8. The zero-order valence-corrected chi connectivity index (χ0v) is 40.3. The van der Waals surface area contributed by atoms with E-state index in [9.17, 15) is 53.6 Å². The van der Waals surface area contributed by atoms with Crippen molar-refractivity contribution >= 4 is 53.2 Å². The molecule has 21 nitrogen and oxygen atoms in total. The molecule has 6 atom stereocenters. The number of aromatic hydroxyl groups is 1. The molecule has 0 saturated carbocycles. The number of carbonyl (C=O) groups excluding carboxylic acids is 8. The Balaban J connectivity index is 1.77. The van der Waals surface area contributed by atoms with Gasteiger partial charge in [-0.25, -0.2) is 9.59 Å². The third-order valence-electron chi connectivity index (χ3n) is 10.8. The largest absolute Gasteiger partial charge is 0.508 e. The number of nitrogens with one attached hydrogen (secondary N) is 6. The molecule has 7 N–H and O–H groups in total. The van der Waals surface area contributed by atoms with Crippen LogP contribution in [-0.4, -0.2) is 118 Å². The van der Waals surface area contributed by atoms with Crippen LogP contribution in [0.2, 0.25) is 0 Å². The number of nitrogens with zero attached hydrogens (tertiary/aromatic N) is 2. The molecule has 1 aliphatic heterocycles. The predicted molar refractivity (Wildman–Crippen MR) is 249 cm³/mol. The summed E-state index contributed by atoms with van der Waals surface area (Å²) in [6, 6.07) is 5.15. The van der Waals surface area contributed by atoms with Crippen LogP contribution in [0.3, 0.4) is 0 Å². The summed E-state index contributed by atoms with van der Waals surface area (Å²) in [4.78, 5) is 119. The molecule has 68 heavy (non-hydrogen) atoms. The minimum atomic E-state index is -1.23. The summed E-state index contributed by atoms with van der Waals surface area (Å²) >= 11 is 0. The number of non-ortho nitro benzene ring substituents is 1. The van der Waals surface area contributed by atoms with Crippen molar-refractivity contribution in [3.63, 3.8) is 0 Å². The molecule has 0 radical (unpaired) electrons. The first kappa shape index (κ1) is 55.5. The molecule has 1 fully saturated rings. The maximum Gasteiger partial charge on any atom is 0.408 e. The van der Waals surface area contributed by atoms with Crippen molar-refractivity contribution < 1.29 is 57.9 Å². The van der Waals surface area contributed by atoms with E-state index in [0.29, 0.717) is 18.4 Å². The van der Waals surface area contributed by atoms with E-state index < -0.39 is 107 Å². The lowest BCUT2D eigenvalue weighted by atomic mass is 9.95. The van der Waals surface area contributed by atoms with E-state index in [1.807, 2.05) is 34.6 Å². The number of phenolic OH excluding ortho intramolecular Hbond substituents is 1. The minimum absolute atomic E-state index is 0.0207. The van der Waals surface area contributed by atoms with E-state index in [4.69, 9.17) is 9.47 Å². The van der Waals surface area contributed by atoms with Gasteiger partial charge in [-0.2, -0.15) is 0 Å². The molecule has 374 valence electrons. The van der Waals surface area contributed by atoms with Gasteiger partial charge in [0.25, 0.3) is 5.69 Å². The monoisotopic (exact) mass is 952 g/mol. The third kappa shape index (κ3) is 18.5. The summed E-state index contributed by atoms with van der Waals surface area (Å²) < 4.78 is 10.6. The molecular weight excluding hydrogens is 885 g/mol. The summed E-state index contributed by atoms with van der Waals surface area (Å²) in [7, 11) is 0. The van der Waals surface area contributed by atoms with Gasteiger partial charge >= 0.3 is 12.1 Å². The fraction of sp³-hybridized carbons (Fsp3) is 0.574. The number of amides is 7. The second kappa shape index (κ2) is 25.9. The average Bonchev–Trinajstić information content (AvgIpc) is 3.76. The molecule has 0 bridgehead atoms. The topological polar surface area (TPSA) is 294 Å². The van der Waals surface area contributed by atoms with Gasteiger partial charge in [-0.15, -0.1) is 0 Å². The lowest BCUT2D eigenvalue weighted by molar-refractivity contribution is -0.384. The second-order valence-electron chi connectivity index (χ2n) is 18.7. The van der Waals surface area contributed by atoms with Crippen LogP contribution >= 0.6 is 0 Å². The summed E-state index contributed by atoms with van der Waals surface area (Å²) in [6.45, 7) is 15.0. The van der Waals surface area contributed by atoms with Crippen molar-refractivity contribution in [1.82, 2.24) is 36.8 Å². The van der Waals surface area contributed by atoms with E-state index in [0.717, 1.165) is 0 Å². The van der Waals surface area contributed by atoms with E-state index in [1.165, 1.54) is 41.3 Å². The Morgan fingerprint density at radius 1 is 0.779 bits per heavy atom. The van der Waals surface area contributed by atoms with Crippen LogP contribution in [0.4, 0.5) is 10.5 Å². The number of rotatable bonds is 23. The smallest absolute Gasteiger partial charge is 0.408 e. The van der Waals surface area contributed by atoms with Gasteiger partial charge in [0.2, 0.25) is 35.4 Å². The highest BCUT2D eigenvalue weighted by Crippen LogP contribution is 2.23. The maximum atomic E-state index is 14.3. The molecule has 1 heterocycles. The van der Waals surface area contributed by atoms with Crippen LogP contribution in [0.15, 0.2) is 48.5 Å². The highest BCUT2D eigenvalue weighted by Gasteiger charge is 2.40. The molecule has 0 aliphatic carbocycles. The number of carbonyl (C=O) groups is 8. The van der Waals surface area contributed by atoms with Crippen molar-refractivity contribution in [2.24, 2.45) is 17.8 Å². The molecule has 1 saturated heterocycles. The maximum absolute atomic E-state index is 14.3. The van der Waals surface area contributed by atoms with Crippen LogP contribution < -0.4 is 36.6 Å². The van der Waals surface area contributed by atoms with Crippen molar-refractivity contribution in [2.75, 3.05) is 19.6 Å². The van der Waals surface area contributed by atoms with Gasteiger partial charge in [-0.3, -0.25) is 38.9 Å². The number of likely N-dealkylation sites (tertiary alicyclic amines) is 1. The van der Waals surface area contributed by atoms with E-state index in [2.05, 4.69) is 31.9 Å². The van der Waals surface area contributed by atoms with Crippen LogP contribution in [-0.2, 0) is 44.7 Å². The molecule has 0 spiro atoms. The molecule has 21 heteroatoms. The van der Waals surface area contributed by atoms with Crippen molar-refractivity contribution in [3.05, 3.63) is 64.2 Å². The van der Waals surface area contributed by atoms with E-state index >= 15 is 0 Å². The number of nitro benzene ring substituents is 1. The molecule has 7 amide bonds. The zero-order valence-electron chi connectivity index (χ0n) is 40.3. The average molecular weight is 953 g/mol. The van der Waals surface area contributed by atoms with Gasteiger partial charge in [0, 0.05) is 25.1 Å². The number of ether oxygens (including phenoxy) is 2. The molecule has 2 aromatic rings. The number of benzene rings is 2. The summed E-state index contributed by atoms with van der Waals surface area (Å²) in [6.07, 6.45) is 0.557. The Morgan fingerprint density at radius 3 is 1.96 bits per heavy atom. The predicted octanol–water partition coefficient (Wildman–Crippen LogP) is 3.16. The molecule has 1 aliphatic rings. The number of hydrogen-bond donors (Lipinski definition) is 7. The first-order chi connectivity index (χ1) is 31.9. The highest BCUT2D eigenvalue weighted by atomic mass is 16.6. The Morgan fingerprint density at radius 2 is 1.38 bits per heavy atom. The number of hydrogen-bond acceptors (Lipinski definition) is 13. The number of phenols is 1. The Bertz CT molecular complexity index is 2090. The third-order valence-corrected chi connectivity index (χ3v) is 10.8. The van der Waals surface area contributed by atoms with Gasteiger partial charge in [-0.1, -0.05) is 60.1 Å². The SMILES string of the molecule is CC[C@H](C)[C@H](NC(=O)[C@H](CC(C)C)NC(=O)[C@@H]1CCCN1C(=O)[C@H](Cc1ccc(O)cc1)NC(=O)CNC(=O)CNC(=O)OC(C)(C)C)C(=O)N[C@@H](CC(C)C)C(=O)Oc1ccc([N+](=O)[O-])cc1. The van der Waals surface area contributed by atoms with Crippen molar-refractivity contribution in [1.29, 1.82) is 0 Å². The van der Waals surface area contributed by atoms with Gasteiger partial charge in [0.05, 0.1) is 11.5 Å². The number of alkyl carbamates (subject to hydrolysis) is 1. The molecule has 0 unspecified atom stereocenters. The molecule has 2 aromatic carbocycles. The minimum Gasteiger partial charge on any atom is -0.508 e. The van der Waals surface area contributed by atoms with Crippen LogP contribution in [0.1, 0.15) is 100.0 Å². The number of esters is 1. The van der Waals surface area contributed by atoms with Gasteiger partial charge in [0.1, 0.15) is 53.9 Å². The molecule has 3 rings (SSSR count). The first-order valence-corrected chi connectivity index (χ1v) is 22.9. The van der Waals surface area contributed by atoms with Crippen molar-refractivity contribution in [2.45, 2.75) is 137 Å². The van der Waals surface area contributed by atoms with E-state index in [1.54, 1.807) is 39.8 Å². The first-order valence-electron chi connectivity index (χ1n) is 22.9. The summed E-state index contributed by atoms with van der Waals surface area (Å²) in [5.74, 6) is -5.44. The molecule has 0 aromatic heterocycles. The standard InChI is InChI=1S/C47H68N8O13/c1-10-29(6)40(43(61)52-36(23-28(4)5)45(63)67-33-19-15-31(16-20-33)55(65)66)53-41(59)34(22-27(2)3)51-42(60)37-12-11-21-54(37)44(62)35(24-30-13-17-32(56)18-14-30)50-39(58)26-48-38(57)25-49-46(64)68-47(7,8)9/h13-20,27-29,34-37,40,56H,10-12,21-26H2,1-9H3,(H,48,57)(H,49,64)(H,50,58)(H,51,60)(H,52,61)(H,53,59)/t29-,34-,35-,36-,37-,40-/m0/s1. The lowest BCUT2D eigenvalue weighted by Crippen LogP contribution is -2.60. The zero-order chi connectivity index (χ0) is 50.9. The van der Waals surface area contributed by atoms with Gasteiger partial charge in [-0.05, 0) is 94.0 Å². The highest BCUT2D eigenvalue weighted by molar-refractivity contribution is 5.97. The number of nitro groups is 1. The van der Waals surface area contributed by atoms with Crippen LogP contribution in [0.5, 0.6) is 11.5 Å². The van der Waals surface area contributed by atoms with Gasteiger partial charge < -0.3 is 51.4 Å². The van der Waals surface area contributed by atoms with Crippen LogP contribution in [0, 0.1) is 27.9 Å². The van der Waals surface area contributed by atoms with Crippen LogP contribution in [0.25, 0.3) is 0 Å². The Kier molecular flexibility index (Phi) is 21.2. The molecular formula is C47H68N8O13. The Labute approximate surface area is 396 Å². The second-order valence-corrected chi connectivity index (χ2v) is 18.7. The summed E-state index contributed by atoms with van der Waals surface area (Å²) in [5.41, 5.74) is -0.424. The summed E-state index contributed by atoms with van der Waals surface area (Å²) in [5, 5.41) is 36.6.